The Balaban J connectivity index is 1.88. The number of ether oxygens (including phenoxy) is 2. The molecule has 10 heteroatoms. The van der Waals surface area contributed by atoms with Crippen molar-refractivity contribution in [1.29, 1.82) is 0 Å². The maximum atomic E-state index is 13.7. The summed E-state index contributed by atoms with van der Waals surface area (Å²) in [5, 5.41) is 11.2. The van der Waals surface area contributed by atoms with Gasteiger partial charge in [0, 0.05) is 12.1 Å². The van der Waals surface area contributed by atoms with E-state index in [0.29, 0.717) is 38.5 Å². The number of aromatic nitrogens is 1. The zero-order valence-corrected chi connectivity index (χ0v) is 21.8. The van der Waals surface area contributed by atoms with Crippen molar-refractivity contribution in [3.8, 4) is 5.75 Å². The highest BCUT2D eigenvalue weighted by Gasteiger charge is 2.33. The number of hydrogen-bond acceptors (Lipinski definition) is 8. The summed E-state index contributed by atoms with van der Waals surface area (Å²) in [5.41, 5.74) is 1.55. The lowest BCUT2D eigenvalue weighted by Gasteiger charge is -2.25. The van der Waals surface area contributed by atoms with Gasteiger partial charge in [-0.1, -0.05) is 42.5 Å². The molecule has 9 nitrogen and oxygen atoms in total. The fourth-order valence-electron chi connectivity index (χ4n) is 4.02. The van der Waals surface area contributed by atoms with Crippen molar-refractivity contribution in [2.24, 2.45) is 4.99 Å². The quantitative estimate of drug-likeness (QED) is 0.253. The summed E-state index contributed by atoms with van der Waals surface area (Å²) in [5.74, 6) is 0.149. The first-order valence-corrected chi connectivity index (χ1v) is 12.7. The zero-order chi connectivity index (χ0) is 26.7. The van der Waals surface area contributed by atoms with Crippen LogP contribution < -0.4 is 19.6 Å². The van der Waals surface area contributed by atoms with E-state index in [0.717, 1.165) is 17.8 Å². The lowest BCUT2D eigenvalue weighted by Crippen LogP contribution is -2.40. The smallest absolute Gasteiger partial charge is 0.338 e. The van der Waals surface area contributed by atoms with Crippen LogP contribution in [0.15, 0.2) is 69.6 Å². The average Bonchev–Trinajstić information content (AvgIpc) is 3.16. The molecule has 0 saturated carbocycles. The van der Waals surface area contributed by atoms with Crippen LogP contribution in [0.1, 0.15) is 51.3 Å². The number of carbonyl (C=O) groups is 1. The molecule has 0 saturated heterocycles. The summed E-state index contributed by atoms with van der Waals surface area (Å²) in [6.07, 6.45) is 2.12. The Hall–Kier alpha value is -4.05. The van der Waals surface area contributed by atoms with Gasteiger partial charge in [-0.05, 0) is 56.5 Å². The third-order valence-electron chi connectivity index (χ3n) is 5.63. The number of allylic oxidation sites excluding steroid dienone is 1. The number of thiazole rings is 1. The first-order chi connectivity index (χ1) is 17.7. The molecule has 0 amide bonds. The molecule has 2 aromatic carbocycles. The molecule has 1 aliphatic rings. The molecule has 192 valence electrons. The standard InChI is InChI=1S/C27H27N3O6S/c1-5-13-35-21-11-9-19(10-12-21)24-23(26(32)36-16(2)3)17(4)28-27-29(24)25(31)22(37-27)15-18-7-6-8-20(14-18)30(33)34/h6-12,14-16,24H,5,13H2,1-4H3/b22-15-. The minimum absolute atomic E-state index is 0.0701. The SMILES string of the molecule is CCCOc1ccc(C2C(C(=O)OC(C)C)=C(C)N=c3s/c(=C\c4cccc([N+](=O)[O-])c4)c(=O)n32)cc1. The van der Waals surface area contributed by atoms with Gasteiger partial charge in [-0.25, -0.2) is 9.79 Å². The molecule has 0 bridgehead atoms. The maximum absolute atomic E-state index is 13.7. The topological polar surface area (TPSA) is 113 Å². The van der Waals surface area contributed by atoms with Crippen molar-refractivity contribution in [3.05, 3.63) is 101 Å². The van der Waals surface area contributed by atoms with E-state index in [9.17, 15) is 19.7 Å². The van der Waals surface area contributed by atoms with Gasteiger partial charge in [0.2, 0.25) is 0 Å². The predicted molar refractivity (Wildman–Crippen MR) is 140 cm³/mol. The molecule has 3 aromatic rings. The van der Waals surface area contributed by atoms with Crippen LogP contribution in [-0.2, 0) is 9.53 Å². The summed E-state index contributed by atoms with van der Waals surface area (Å²) in [4.78, 5) is 42.5. The van der Waals surface area contributed by atoms with Gasteiger partial charge in [0.1, 0.15) is 5.75 Å². The van der Waals surface area contributed by atoms with Gasteiger partial charge in [-0.2, -0.15) is 0 Å². The fraction of sp³-hybridized carbons (Fsp3) is 0.296. The van der Waals surface area contributed by atoms with Crippen molar-refractivity contribution in [3.63, 3.8) is 0 Å². The van der Waals surface area contributed by atoms with Crippen LogP contribution >= 0.6 is 11.3 Å². The van der Waals surface area contributed by atoms with Crippen molar-refractivity contribution >= 4 is 29.1 Å². The van der Waals surface area contributed by atoms with E-state index in [1.807, 2.05) is 31.2 Å². The van der Waals surface area contributed by atoms with E-state index in [1.54, 1.807) is 39.0 Å². The second kappa shape index (κ2) is 10.9. The molecule has 0 fully saturated rings. The Kier molecular flexibility index (Phi) is 7.68. The highest BCUT2D eigenvalue weighted by Crippen LogP contribution is 2.32. The van der Waals surface area contributed by atoms with E-state index in [4.69, 9.17) is 9.47 Å². The Labute approximate surface area is 217 Å². The summed E-state index contributed by atoms with van der Waals surface area (Å²) in [7, 11) is 0. The third-order valence-corrected chi connectivity index (χ3v) is 6.61. The van der Waals surface area contributed by atoms with Crippen molar-refractivity contribution < 1.29 is 19.2 Å². The number of esters is 1. The molecule has 1 aliphatic heterocycles. The fourth-order valence-corrected chi connectivity index (χ4v) is 5.07. The minimum atomic E-state index is -0.755. The van der Waals surface area contributed by atoms with Gasteiger partial charge in [0.25, 0.3) is 11.2 Å². The highest BCUT2D eigenvalue weighted by molar-refractivity contribution is 7.07. The Morgan fingerprint density at radius 1 is 1.24 bits per heavy atom. The number of rotatable bonds is 8. The molecule has 1 unspecified atom stereocenters. The van der Waals surface area contributed by atoms with Crippen LogP contribution in [0.4, 0.5) is 5.69 Å². The number of carbonyl (C=O) groups excluding carboxylic acids is 1. The van der Waals surface area contributed by atoms with E-state index in [1.165, 1.54) is 16.7 Å². The molecule has 4 rings (SSSR count). The Morgan fingerprint density at radius 3 is 2.62 bits per heavy atom. The van der Waals surface area contributed by atoms with Gasteiger partial charge >= 0.3 is 5.97 Å². The normalized spacial score (nSPS) is 15.4. The molecule has 1 atom stereocenters. The molecule has 1 aromatic heterocycles. The molecule has 37 heavy (non-hydrogen) atoms. The number of nitro benzene ring substituents is 1. The van der Waals surface area contributed by atoms with Gasteiger partial charge in [0.05, 0.1) is 39.5 Å². The Bertz CT molecular complexity index is 1550. The first kappa shape index (κ1) is 26.0. The summed E-state index contributed by atoms with van der Waals surface area (Å²) < 4.78 is 13.0. The van der Waals surface area contributed by atoms with Crippen LogP contribution in [0.3, 0.4) is 0 Å². The van der Waals surface area contributed by atoms with Crippen LogP contribution in [-0.4, -0.2) is 28.2 Å². The average molecular weight is 522 g/mol. The Morgan fingerprint density at radius 2 is 1.97 bits per heavy atom. The monoisotopic (exact) mass is 521 g/mol. The first-order valence-electron chi connectivity index (χ1n) is 11.9. The minimum Gasteiger partial charge on any atom is -0.494 e. The molecular weight excluding hydrogens is 494 g/mol. The van der Waals surface area contributed by atoms with E-state index < -0.39 is 16.9 Å². The third kappa shape index (κ3) is 5.54. The van der Waals surface area contributed by atoms with Crippen LogP contribution in [0.25, 0.3) is 6.08 Å². The lowest BCUT2D eigenvalue weighted by atomic mass is 9.96. The van der Waals surface area contributed by atoms with E-state index in [2.05, 4.69) is 4.99 Å². The van der Waals surface area contributed by atoms with E-state index >= 15 is 0 Å². The van der Waals surface area contributed by atoms with Gasteiger partial charge in [-0.15, -0.1) is 0 Å². The van der Waals surface area contributed by atoms with Crippen molar-refractivity contribution in [1.82, 2.24) is 4.57 Å². The van der Waals surface area contributed by atoms with Crippen LogP contribution in [0.2, 0.25) is 0 Å². The summed E-state index contributed by atoms with van der Waals surface area (Å²) in [6, 6.07) is 12.6. The summed E-state index contributed by atoms with van der Waals surface area (Å²) in [6.45, 7) is 7.85. The summed E-state index contributed by atoms with van der Waals surface area (Å²) >= 11 is 1.16. The van der Waals surface area contributed by atoms with Crippen molar-refractivity contribution in [2.75, 3.05) is 6.61 Å². The van der Waals surface area contributed by atoms with E-state index in [-0.39, 0.29) is 22.9 Å². The molecule has 2 heterocycles. The second-order valence-corrected chi connectivity index (χ2v) is 9.81. The number of benzene rings is 2. The number of nitrogens with zero attached hydrogens (tertiary/aromatic N) is 3. The molecule has 0 radical (unpaired) electrons. The number of hydrogen-bond donors (Lipinski definition) is 0. The van der Waals surface area contributed by atoms with Gasteiger partial charge < -0.3 is 9.47 Å². The largest absolute Gasteiger partial charge is 0.494 e. The second-order valence-electron chi connectivity index (χ2n) is 8.81. The lowest BCUT2D eigenvalue weighted by molar-refractivity contribution is -0.384. The van der Waals surface area contributed by atoms with Crippen LogP contribution in [0, 0.1) is 10.1 Å². The number of nitro groups is 1. The molecular formula is C27H27N3O6S. The van der Waals surface area contributed by atoms with Crippen LogP contribution in [0.5, 0.6) is 5.75 Å². The molecule has 0 aliphatic carbocycles. The van der Waals surface area contributed by atoms with Gasteiger partial charge in [0.15, 0.2) is 4.80 Å². The zero-order valence-electron chi connectivity index (χ0n) is 21.0. The highest BCUT2D eigenvalue weighted by atomic mass is 32.1. The number of fused-ring (bicyclic) bond motifs is 1. The molecule has 0 spiro atoms. The predicted octanol–water partition coefficient (Wildman–Crippen LogP) is 3.88. The van der Waals surface area contributed by atoms with Crippen molar-refractivity contribution in [2.45, 2.75) is 46.3 Å². The maximum Gasteiger partial charge on any atom is 0.338 e. The molecule has 0 N–H and O–H groups in total. The van der Waals surface area contributed by atoms with Gasteiger partial charge in [-0.3, -0.25) is 19.5 Å². The number of non-ortho nitro benzene ring substituents is 1.